The van der Waals surface area contributed by atoms with Crippen LogP contribution in [-0.4, -0.2) is 0 Å². The molecule has 60 valence electrons. The zero-order valence-corrected chi connectivity index (χ0v) is 7.92. The lowest BCUT2D eigenvalue weighted by Gasteiger charge is -2.04. The fourth-order valence-corrected chi connectivity index (χ4v) is 1.36. The van der Waals surface area contributed by atoms with Gasteiger partial charge in [0.2, 0.25) is 0 Å². The first-order valence-corrected chi connectivity index (χ1v) is 4.24. The molecule has 0 N–H and O–H groups in total. The van der Waals surface area contributed by atoms with Crippen LogP contribution in [0.15, 0.2) is 18.2 Å². The van der Waals surface area contributed by atoms with Gasteiger partial charge in [-0.15, -0.1) is 0 Å². The Bertz CT molecular complexity index is 235. The first-order valence-electron chi connectivity index (χ1n) is 3.57. The van der Waals surface area contributed by atoms with Gasteiger partial charge in [0.25, 0.3) is 0 Å². The van der Waals surface area contributed by atoms with Crippen LogP contribution in [0.1, 0.15) is 22.6 Å². The quantitative estimate of drug-likeness (QED) is 0.568. The van der Waals surface area contributed by atoms with Crippen molar-refractivity contribution in [2.75, 3.05) is 0 Å². The maximum Gasteiger partial charge on any atom is 0.138 e. The third-order valence-corrected chi connectivity index (χ3v) is 1.95. The van der Waals surface area contributed by atoms with Gasteiger partial charge in [-0.2, -0.15) is 0 Å². The summed E-state index contributed by atoms with van der Waals surface area (Å²) >= 11 is 0. The summed E-state index contributed by atoms with van der Waals surface area (Å²) in [5.41, 5.74) is 2.97. The van der Waals surface area contributed by atoms with Gasteiger partial charge in [0.1, 0.15) is 5.91 Å². The van der Waals surface area contributed by atoms with E-state index in [4.69, 9.17) is 0 Å². The molecule has 2 unspecified atom stereocenters. The van der Waals surface area contributed by atoms with Crippen LogP contribution in [-0.2, 0) is 0 Å². The number of halogens is 1. The fourth-order valence-electron chi connectivity index (χ4n) is 1.17. The predicted octanol–water partition coefficient (Wildman–Crippen LogP) is 3.15. The van der Waals surface area contributed by atoms with E-state index in [0.29, 0.717) is 0 Å². The molecule has 0 saturated heterocycles. The number of aryl methyl sites for hydroxylation is 2. The molecule has 0 heterocycles. The summed E-state index contributed by atoms with van der Waals surface area (Å²) in [5.74, 6) is -0.936. The Labute approximate surface area is 69.0 Å². The Morgan fingerprint density at radius 3 is 2.00 bits per heavy atom. The molecule has 0 saturated carbocycles. The molecule has 0 nitrogen and oxygen atoms in total. The van der Waals surface area contributed by atoms with E-state index in [2.05, 4.69) is 9.24 Å². The summed E-state index contributed by atoms with van der Waals surface area (Å²) in [5, 5.41) is 0. The lowest BCUT2D eigenvalue weighted by molar-refractivity contribution is 0.468. The van der Waals surface area contributed by atoms with Crippen LogP contribution >= 0.6 is 9.24 Å². The molecule has 0 radical (unpaired) electrons. The monoisotopic (exact) mass is 170 g/mol. The van der Waals surface area contributed by atoms with Crippen molar-refractivity contribution in [2.24, 2.45) is 0 Å². The molecule has 2 atom stereocenters. The van der Waals surface area contributed by atoms with Gasteiger partial charge in [-0.25, -0.2) is 4.39 Å². The minimum atomic E-state index is -0.936. The SMILES string of the molecule is Cc1cc(C)cc(C(F)P)c1. The second-order valence-electron chi connectivity index (χ2n) is 2.82. The number of hydrogen-bond acceptors (Lipinski definition) is 0. The van der Waals surface area contributed by atoms with E-state index in [1.54, 1.807) is 0 Å². The van der Waals surface area contributed by atoms with Crippen molar-refractivity contribution in [1.29, 1.82) is 0 Å². The van der Waals surface area contributed by atoms with E-state index in [9.17, 15) is 4.39 Å². The van der Waals surface area contributed by atoms with E-state index in [1.165, 1.54) is 0 Å². The Morgan fingerprint density at radius 2 is 1.64 bits per heavy atom. The molecular formula is C9H12FP. The highest BCUT2D eigenvalue weighted by Gasteiger charge is 2.02. The molecule has 1 aromatic rings. The molecule has 2 heteroatoms. The summed E-state index contributed by atoms with van der Waals surface area (Å²) in [6, 6.07) is 5.77. The van der Waals surface area contributed by atoms with Gasteiger partial charge in [0, 0.05) is 0 Å². The molecule has 0 aliphatic carbocycles. The van der Waals surface area contributed by atoms with Crippen molar-refractivity contribution in [3.05, 3.63) is 34.9 Å². The van der Waals surface area contributed by atoms with E-state index in [0.717, 1.165) is 16.7 Å². The Hall–Kier alpha value is -0.420. The van der Waals surface area contributed by atoms with Gasteiger partial charge in [0.05, 0.1) is 0 Å². The standard InChI is InChI=1S/C9H12FP/c1-6-3-7(2)5-8(4-6)9(10)11/h3-5,9H,11H2,1-2H3. The van der Waals surface area contributed by atoms with Gasteiger partial charge in [-0.3, -0.25) is 0 Å². The van der Waals surface area contributed by atoms with E-state index < -0.39 is 5.91 Å². The molecule has 1 aromatic carbocycles. The molecule has 0 aliphatic rings. The zero-order chi connectivity index (χ0) is 8.43. The van der Waals surface area contributed by atoms with Crippen molar-refractivity contribution in [3.8, 4) is 0 Å². The summed E-state index contributed by atoms with van der Waals surface area (Å²) in [7, 11) is 2.15. The topological polar surface area (TPSA) is 0 Å². The number of rotatable bonds is 1. The molecule has 0 spiro atoms. The van der Waals surface area contributed by atoms with E-state index in [-0.39, 0.29) is 0 Å². The molecule has 0 amide bonds. The summed E-state index contributed by atoms with van der Waals surface area (Å²) in [6.45, 7) is 3.95. The average Bonchev–Trinajstić information content (AvgIpc) is 1.85. The Balaban J connectivity index is 3.08. The second-order valence-corrected chi connectivity index (χ2v) is 3.41. The molecule has 0 aromatic heterocycles. The first-order chi connectivity index (χ1) is 5.09. The molecule has 0 aliphatic heterocycles. The predicted molar refractivity (Wildman–Crippen MR) is 49.5 cm³/mol. The number of hydrogen-bond donors (Lipinski definition) is 0. The van der Waals surface area contributed by atoms with Crippen molar-refractivity contribution >= 4 is 9.24 Å². The molecular weight excluding hydrogens is 158 g/mol. The smallest absolute Gasteiger partial charge is 0.138 e. The van der Waals surface area contributed by atoms with Crippen LogP contribution in [0.4, 0.5) is 4.39 Å². The minimum Gasteiger partial charge on any atom is -0.238 e. The second kappa shape index (κ2) is 3.32. The van der Waals surface area contributed by atoms with Gasteiger partial charge in [-0.1, -0.05) is 38.6 Å². The number of alkyl halides is 1. The Kier molecular flexibility index (Phi) is 2.62. The van der Waals surface area contributed by atoms with Crippen LogP contribution in [0, 0.1) is 13.8 Å². The zero-order valence-electron chi connectivity index (χ0n) is 6.76. The third-order valence-electron chi connectivity index (χ3n) is 1.56. The Morgan fingerprint density at radius 1 is 1.18 bits per heavy atom. The van der Waals surface area contributed by atoms with Gasteiger partial charge < -0.3 is 0 Å². The van der Waals surface area contributed by atoms with Gasteiger partial charge in [0.15, 0.2) is 0 Å². The highest BCUT2D eigenvalue weighted by molar-refractivity contribution is 7.16. The normalized spacial score (nSPS) is 13.1. The summed E-state index contributed by atoms with van der Waals surface area (Å²) < 4.78 is 12.8. The van der Waals surface area contributed by atoms with Crippen LogP contribution < -0.4 is 0 Å². The molecule has 1 rings (SSSR count). The lowest BCUT2D eigenvalue weighted by Crippen LogP contribution is -1.85. The number of benzene rings is 1. The lowest BCUT2D eigenvalue weighted by atomic mass is 10.1. The maximum absolute atomic E-state index is 12.8. The highest BCUT2D eigenvalue weighted by Crippen LogP contribution is 2.25. The van der Waals surface area contributed by atoms with Crippen molar-refractivity contribution in [3.63, 3.8) is 0 Å². The van der Waals surface area contributed by atoms with E-state index >= 15 is 0 Å². The third kappa shape index (κ3) is 2.27. The van der Waals surface area contributed by atoms with Crippen LogP contribution in [0.5, 0.6) is 0 Å². The van der Waals surface area contributed by atoms with Crippen LogP contribution in [0.2, 0.25) is 0 Å². The van der Waals surface area contributed by atoms with Gasteiger partial charge in [-0.05, 0) is 19.4 Å². The van der Waals surface area contributed by atoms with Crippen LogP contribution in [0.3, 0.4) is 0 Å². The van der Waals surface area contributed by atoms with Crippen molar-refractivity contribution < 1.29 is 4.39 Å². The van der Waals surface area contributed by atoms with E-state index in [1.807, 2.05) is 32.0 Å². The molecule has 0 fully saturated rings. The van der Waals surface area contributed by atoms with Crippen molar-refractivity contribution in [2.45, 2.75) is 19.8 Å². The maximum atomic E-state index is 12.8. The highest BCUT2D eigenvalue weighted by atomic mass is 31.0. The molecule has 0 bridgehead atoms. The average molecular weight is 170 g/mol. The minimum absolute atomic E-state index is 0.743. The van der Waals surface area contributed by atoms with Crippen molar-refractivity contribution in [1.82, 2.24) is 0 Å². The first kappa shape index (κ1) is 8.67. The fraction of sp³-hybridized carbons (Fsp3) is 0.333. The molecule has 11 heavy (non-hydrogen) atoms. The largest absolute Gasteiger partial charge is 0.238 e. The van der Waals surface area contributed by atoms with Gasteiger partial charge >= 0.3 is 0 Å². The summed E-state index contributed by atoms with van der Waals surface area (Å²) in [4.78, 5) is 0. The van der Waals surface area contributed by atoms with Crippen LogP contribution in [0.25, 0.3) is 0 Å². The summed E-state index contributed by atoms with van der Waals surface area (Å²) in [6.07, 6.45) is 0.